The van der Waals surface area contributed by atoms with Crippen LogP contribution in [0.5, 0.6) is 0 Å². The Bertz CT molecular complexity index is 1080. The van der Waals surface area contributed by atoms with Crippen molar-refractivity contribution < 1.29 is 8.42 Å². The molecule has 0 aliphatic rings. The van der Waals surface area contributed by atoms with Crippen LogP contribution < -0.4 is 15.8 Å². The van der Waals surface area contributed by atoms with Crippen LogP contribution in [0.2, 0.25) is 10.0 Å². The van der Waals surface area contributed by atoms with Gasteiger partial charge in [0.05, 0.1) is 14.9 Å². The fourth-order valence-electron chi connectivity index (χ4n) is 2.27. The minimum Gasteiger partial charge on any atom is -0.366 e. The molecule has 0 unspecified atom stereocenters. The number of hydrogen-bond donors (Lipinski definition) is 3. The Morgan fingerprint density at radius 3 is 2.48 bits per heavy atom. The lowest BCUT2D eigenvalue weighted by Gasteiger charge is -2.10. The molecule has 2 aromatic carbocycles. The van der Waals surface area contributed by atoms with Gasteiger partial charge in [-0.25, -0.2) is 23.5 Å². The van der Waals surface area contributed by atoms with Gasteiger partial charge in [0.15, 0.2) is 0 Å². The Balaban J connectivity index is 1.70. The highest BCUT2D eigenvalue weighted by molar-refractivity contribution is 7.89. The summed E-state index contributed by atoms with van der Waals surface area (Å²) in [5.74, 6) is 1.12. The minimum absolute atomic E-state index is 0.0615. The summed E-state index contributed by atoms with van der Waals surface area (Å²) in [4.78, 5) is 8.36. The molecule has 0 bridgehead atoms. The average molecular weight is 424 g/mol. The molecule has 0 saturated carbocycles. The second kappa shape index (κ2) is 8.10. The predicted molar refractivity (Wildman–Crippen MR) is 107 cm³/mol. The van der Waals surface area contributed by atoms with E-state index >= 15 is 0 Å². The highest BCUT2D eigenvalue weighted by atomic mass is 35.5. The minimum atomic E-state index is -3.74. The second-order valence-electron chi connectivity index (χ2n) is 5.59. The average Bonchev–Trinajstić information content (AvgIpc) is 2.63. The smallest absolute Gasteiger partial charge is 0.238 e. The van der Waals surface area contributed by atoms with Crippen LogP contribution in [-0.4, -0.2) is 18.4 Å². The molecule has 0 atom stereocenters. The number of benzene rings is 2. The van der Waals surface area contributed by atoms with E-state index in [0.29, 0.717) is 28.2 Å². The number of nitrogens with zero attached hydrogens (tertiary/aromatic N) is 2. The third kappa shape index (κ3) is 5.30. The van der Waals surface area contributed by atoms with E-state index in [1.165, 1.54) is 18.5 Å². The molecule has 4 N–H and O–H groups in total. The van der Waals surface area contributed by atoms with E-state index in [2.05, 4.69) is 20.6 Å². The third-order valence-corrected chi connectivity index (χ3v) is 5.21. The molecule has 0 aliphatic heterocycles. The maximum atomic E-state index is 11.4. The largest absolute Gasteiger partial charge is 0.366 e. The lowest BCUT2D eigenvalue weighted by molar-refractivity contribution is 0.597. The summed E-state index contributed by atoms with van der Waals surface area (Å²) in [7, 11) is -3.74. The van der Waals surface area contributed by atoms with Crippen LogP contribution in [0.1, 0.15) is 5.56 Å². The van der Waals surface area contributed by atoms with Gasteiger partial charge in [0, 0.05) is 18.3 Å². The monoisotopic (exact) mass is 423 g/mol. The number of rotatable bonds is 6. The first-order valence-corrected chi connectivity index (χ1v) is 10.0. The van der Waals surface area contributed by atoms with Crippen molar-refractivity contribution in [3.8, 4) is 0 Å². The molecule has 7 nitrogen and oxygen atoms in total. The highest BCUT2D eigenvalue weighted by Gasteiger charge is 2.08. The van der Waals surface area contributed by atoms with Crippen molar-refractivity contribution in [2.45, 2.75) is 11.4 Å². The summed E-state index contributed by atoms with van der Waals surface area (Å²) in [6, 6.07) is 13.3. The molecule has 10 heteroatoms. The zero-order valence-electron chi connectivity index (χ0n) is 13.9. The zero-order chi connectivity index (χ0) is 19.4. The Kier molecular flexibility index (Phi) is 5.81. The van der Waals surface area contributed by atoms with E-state index in [1.807, 2.05) is 0 Å². The van der Waals surface area contributed by atoms with Gasteiger partial charge in [-0.1, -0.05) is 35.3 Å². The molecular formula is C17H15Cl2N5O2S. The van der Waals surface area contributed by atoms with E-state index in [0.717, 1.165) is 11.3 Å². The summed E-state index contributed by atoms with van der Waals surface area (Å²) in [6.45, 7) is 0.368. The number of aromatic nitrogens is 2. The van der Waals surface area contributed by atoms with Crippen LogP contribution in [0, 0.1) is 0 Å². The Morgan fingerprint density at radius 1 is 0.963 bits per heavy atom. The topological polar surface area (TPSA) is 110 Å². The first kappa shape index (κ1) is 19.4. The Hall–Kier alpha value is -2.39. The van der Waals surface area contributed by atoms with Gasteiger partial charge in [0.1, 0.15) is 18.0 Å². The van der Waals surface area contributed by atoms with Crippen molar-refractivity contribution >= 4 is 50.5 Å². The van der Waals surface area contributed by atoms with E-state index < -0.39 is 10.0 Å². The number of hydrogen-bond acceptors (Lipinski definition) is 6. The van der Waals surface area contributed by atoms with Crippen LogP contribution >= 0.6 is 23.2 Å². The van der Waals surface area contributed by atoms with Gasteiger partial charge in [-0.15, -0.1) is 0 Å². The molecule has 0 fully saturated rings. The summed E-state index contributed by atoms with van der Waals surface area (Å²) >= 11 is 11.9. The van der Waals surface area contributed by atoms with Gasteiger partial charge in [0.25, 0.3) is 0 Å². The molecular weight excluding hydrogens is 409 g/mol. The van der Waals surface area contributed by atoms with Gasteiger partial charge in [-0.3, -0.25) is 0 Å². The Morgan fingerprint density at radius 2 is 1.74 bits per heavy atom. The number of nitrogens with one attached hydrogen (secondary N) is 2. The molecule has 0 spiro atoms. The van der Waals surface area contributed by atoms with Gasteiger partial charge in [-0.2, -0.15) is 0 Å². The van der Waals surface area contributed by atoms with E-state index in [4.69, 9.17) is 28.3 Å². The van der Waals surface area contributed by atoms with Gasteiger partial charge >= 0.3 is 0 Å². The second-order valence-corrected chi connectivity index (χ2v) is 7.96. The zero-order valence-corrected chi connectivity index (χ0v) is 16.2. The Labute approximate surface area is 166 Å². The van der Waals surface area contributed by atoms with Crippen molar-refractivity contribution in [2.24, 2.45) is 5.14 Å². The van der Waals surface area contributed by atoms with Crippen molar-refractivity contribution in [1.29, 1.82) is 0 Å². The maximum absolute atomic E-state index is 11.4. The van der Waals surface area contributed by atoms with Crippen LogP contribution in [0.3, 0.4) is 0 Å². The molecule has 3 rings (SSSR count). The summed E-state index contributed by atoms with van der Waals surface area (Å²) in [6.07, 6.45) is 1.41. The van der Waals surface area contributed by atoms with Crippen molar-refractivity contribution in [2.75, 3.05) is 10.6 Å². The quantitative estimate of drug-likeness (QED) is 0.556. The molecule has 0 radical (unpaired) electrons. The standard InChI is InChI=1S/C17H15Cl2N5O2S/c18-14-5-4-12(7-15(14)19)24-17-8-16(22-10-23-17)21-9-11-2-1-3-13(6-11)27(20,25)26/h1-8,10H,9H2,(H2,20,25,26)(H2,21,22,23,24). The fraction of sp³-hybridized carbons (Fsp3) is 0.0588. The summed E-state index contributed by atoms with van der Waals surface area (Å²) in [5, 5.41) is 12.3. The summed E-state index contributed by atoms with van der Waals surface area (Å²) < 4.78 is 22.9. The van der Waals surface area contributed by atoms with Crippen LogP contribution in [0.15, 0.2) is 59.8 Å². The molecule has 3 aromatic rings. The molecule has 140 valence electrons. The first-order chi connectivity index (χ1) is 12.8. The van der Waals surface area contributed by atoms with Crippen LogP contribution in [0.25, 0.3) is 0 Å². The first-order valence-electron chi connectivity index (χ1n) is 7.71. The predicted octanol–water partition coefficient (Wildman–Crippen LogP) is 3.79. The highest BCUT2D eigenvalue weighted by Crippen LogP contribution is 2.26. The molecule has 1 aromatic heterocycles. The number of halogens is 2. The normalized spacial score (nSPS) is 11.2. The van der Waals surface area contributed by atoms with Crippen molar-refractivity contribution in [3.05, 3.63) is 70.5 Å². The molecule has 0 saturated heterocycles. The van der Waals surface area contributed by atoms with Crippen LogP contribution in [-0.2, 0) is 16.6 Å². The van der Waals surface area contributed by atoms with E-state index in [9.17, 15) is 8.42 Å². The van der Waals surface area contributed by atoms with Crippen LogP contribution in [0.4, 0.5) is 17.3 Å². The van der Waals surface area contributed by atoms with Crippen molar-refractivity contribution in [1.82, 2.24) is 9.97 Å². The SMILES string of the molecule is NS(=O)(=O)c1cccc(CNc2cc(Nc3ccc(Cl)c(Cl)c3)ncn2)c1. The maximum Gasteiger partial charge on any atom is 0.238 e. The molecule has 0 amide bonds. The number of sulfonamides is 1. The molecule has 0 aliphatic carbocycles. The van der Waals surface area contributed by atoms with Gasteiger partial charge in [-0.05, 0) is 35.9 Å². The number of primary sulfonamides is 1. The van der Waals surface area contributed by atoms with Gasteiger partial charge in [0.2, 0.25) is 10.0 Å². The van der Waals surface area contributed by atoms with Crippen molar-refractivity contribution in [3.63, 3.8) is 0 Å². The lowest BCUT2D eigenvalue weighted by Crippen LogP contribution is -2.12. The number of anilines is 3. The van der Waals surface area contributed by atoms with E-state index in [-0.39, 0.29) is 4.90 Å². The summed E-state index contributed by atoms with van der Waals surface area (Å²) in [5.41, 5.74) is 1.48. The lowest BCUT2D eigenvalue weighted by atomic mass is 10.2. The van der Waals surface area contributed by atoms with Gasteiger partial charge < -0.3 is 10.6 Å². The third-order valence-electron chi connectivity index (χ3n) is 3.56. The molecule has 27 heavy (non-hydrogen) atoms. The number of nitrogens with two attached hydrogens (primary N) is 1. The van der Waals surface area contributed by atoms with E-state index in [1.54, 1.807) is 36.4 Å². The fourth-order valence-corrected chi connectivity index (χ4v) is 3.15. The molecule has 1 heterocycles.